The Labute approximate surface area is 104 Å². The predicted octanol–water partition coefficient (Wildman–Crippen LogP) is -2.93. The summed E-state index contributed by atoms with van der Waals surface area (Å²) in [6, 6.07) is -1.92. The Morgan fingerprint density at radius 2 is 1.61 bits per heavy atom. The molecule has 0 aromatic rings. The molecule has 0 aliphatic carbocycles. The van der Waals surface area contributed by atoms with E-state index in [0.717, 1.165) is 0 Å². The number of ether oxygens (including phenoxy) is 1. The largest absolute Gasteiger partial charge is 0.394 e. The van der Waals surface area contributed by atoms with Gasteiger partial charge in [0.15, 0.2) is 6.29 Å². The summed E-state index contributed by atoms with van der Waals surface area (Å²) in [5, 5.41) is 33.4. The molecule has 5 N–H and O–H groups in total. The van der Waals surface area contributed by atoms with Gasteiger partial charge in [-0.25, -0.2) is 0 Å². The molecule has 0 radical (unpaired) electrons. The van der Waals surface area contributed by atoms with Crippen molar-refractivity contribution in [2.24, 2.45) is 0 Å². The molecule has 1 fully saturated rings. The van der Waals surface area contributed by atoms with E-state index >= 15 is 0 Å². The van der Waals surface area contributed by atoms with Crippen LogP contribution in [0.2, 0.25) is 0 Å². The lowest BCUT2D eigenvalue weighted by Gasteiger charge is -2.42. The molecule has 0 bridgehead atoms. The minimum Gasteiger partial charge on any atom is -0.394 e. The molecule has 1 rings (SSSR count). The number of hydrogen-bond acceptors (Lipinski definition) is 6. The second-order valence-electron chi connectivity index (χ2n) is 4.19. The molecule has 5 atom stereocenters. The summed E-state index contributed by atoms with van der Waals surface area (Å²) in [6.45, 7) is 1.97. The number of aliphatic hydroxyl groups is 3. The van der Waals surface area contributed by atoms with Gasteiger partial charge in [-0.1, -0.05) is 0 Å². The maximum Gasteiger partial charge on any atom is 0.217 e. The molecule has 0 aromatic carbocycles. The Morgan fingerprint density at radius 1 is 1.11 bits per heavy atom. The van der Waals surface area contributed by atoms with Crippen molar-refractivity contribution in [2.75, 3.05) is 6.61 Å². The van der Waals surface area contributed by atoms with Crippen LogP contribution in [0.5, 0.6) is 0 Å². The van der Waals surface area contributed by atoms with E-state index in [2.05, 4.69) is 10.6 Å². The van der Waals surface area contributed by atoms with E-state index in [9.17, 15) is 19.8 Å². The molecule has 8 nitrogen and oxygen atoms in total. The first-order valence-electron chi connectivity index (χ1n) is 5.53. The second kappa shape index (κ2) is 6.10. The number of rotatable bonds is 3. The van der Waals surface area contributed by atoms with Crippen LogP contribution in [0.15, 0.2) is 0 Å². The Morgan fingerprint density at radius 3 is 2.06 bits per heavy atom. The minimum absolute atomic E-state index is 0.430. The van der Waals surface area contributed by atoms with Crippen LogP contribution in [0, 0.1) is 0 Å². The highest BCUT2D eigenvalue weighted by molar-refractivity contribution is 5.75. The lowest BCUT2D eigenvalue weighted by molar-refractivity contribution is -0.230. The van der Waals surface area contributed by atoms with Crippen LogP contribution in [-0.4, -0.2) is 64.3 Å². The van der Waals surface area contributed by atoms with Crippen LogP contribution < -0.4 is 10.6 Å². The van der Waals surface area contributed by atoms with Gasteiger partial charge < -0.3 is 30.7 Å². The molecule has 1 aliphatic rings. The fourth-order valence-electron chi connectivity index (χ4n) is 1.92. The quantitative estimate of drug-likeness (QED) is 0.370. The summed E-state index contributed by atoms with van der Waals surface area (Å²) >= 11 is 0. The Hall–Kier alpha value is -1.22. The number of carbonyl (C=O) groups is 2. The number of nitrogens with one attached hydrogen (secondary N) is 2. The zero-order valence-electron chi connectivity index (χ0n) is 10.2. The lowest BCUT2D eigenvalue weighted by Crippen LogP contribution is -2.68. The van der Waals surface area contributed by atoms with Crippen LogP contribution in [0.25, 0.3) is 0 Å². The molecule has 0 spiro atoms. The second-order valence-corrected chi connectivity index (χ2v) is 4.19. The third-order valence-electron chi connectivity index (χ3n) is 2.68. The third-order valence-corrected chi connectivity index (χ3v) is 2.68. The van der Waals surface area contributed by atoms with Gasteiger partial charge in [0.2, 0.25) is 11.8 Å². The molecular weight excluding hydrogens is 244 g/mol. The van der Waals surface area contributed by atoms with E-state index in [0.29, 0.717) is 0 Å². The van der Waals surface area contributed by atoms with Gasteiger partial charge in [-0.05, 0) is 0 Å². The summed E-state index contributed by atoms with van der Waals surface area (Å²) in [7, 11) is 0. The number of carbonyl (C=O) groups excluding carboxylic acids is 2. The molecule has 8 heteroatoms. The van der Waals surface area contributed by atoms with Gasteiger partial charge in [-0.2, -0.15) is 0 Å². The van der Waals surface area contributed by atoms with Gasteiger partial charge in [0.25, 0.3) is 0 Å². The van der Waals surface area contributed by atoms with Crippen LogP contribution in [-0.2, 0) is 14.3 Å². The standard InChI is InChI=1S/C10H18N2O6/c1-4(14)11-7-8(12-5(2)15)10(17)18-6(3-13)9(7)16/h6-10,13,16-17H,3H2,1-2H3,(H,11,14)(H,12,15)/t6-,7+,8+,9+,10-/m1/s1. The summed E-state index contributed by atoms with van der Waals surface area (Å²) in [4.78, 5) is 22.1. The summed E-state index contributed by atoms with van der Waals surface area (Å²) in [6.07, 6.45) is -3.69. The topological polar surface area (TPSA) is 128 Å². The number of aliphatic hydroxyl groups excluding tert-OH is 3. The fourth-order valence-corrected chi connectivity index (χ4v) is 1.92. The Balaban J connectivity index is 2.89. The van der Waals surface area contributed by atoms with Crippen molar-refractivity contribution in [2.45, 2.75) is 44.4 Å². The lowest BCUT2D eigenvalue weighted by atomic mass is 9.94. The average molecular weight is 262 g/mol. The van der Waals surface area contributed by atoms with Gasteiger partial charge in [0, 0.05) is 13.8 Å². The van der Waals surface area contributed by atoms with Crippen molar-refractivity contribution in [1.82, 2.24) is 10.6 Å². The van der Waals surface area contributed by atoms with Crippen LogP contribution in [0.3, 0.4) is 0 Å². The molecule has 1 saturated heterocycles. The number of amides is 2. The highest BCUT2D eigenvalue weighted by atomic mass is 16.6. The van der Waals surface area contributed by atoms with Crippen molar-refractivity contribution in [3.05, 3.63) is 0 Å². The van der Waals surface area contributed by atoms with Crippen molar-refractivity contribution in [3.8, 4) is 0 Å². The fraction of sp³-hybridized carbons (Fsp3) is 0.800. The van der Waals surface area contributed by atoms with Crippen molar-refractivity contribution >= 4 is 11.8 Å². The zero-order valence-corrected chi connectivity index (χ0v) is 10.2. The zero-order chi connectivity index (χ0) is 13.9. The third kappa shape index (κ3) is 3.39. The molecule has 0 aromatic heterocycles. The first-order chi connectivity index (χ1) is 8.36. The van der Waals surface area contributed by atoms with Crippen LogP contribution in [0.4, 0.5) is 0 Å². The minimum atomic E-state index is -1.42. The van der Waals surface area contributed by atoms with Gasteiger partial charge in [-0.15, -0.1) is 0 Å². The maximum atomic E-state index is 11.1. The molecule has 0 unspecified atom stereocenters. The van der Waals surface area contributed by atoms with E-state index < -0.39 is 49.0 Å². The number of hydrogen-bond donors (Lipinski definition) is 5. The van der Waals surface area contributed by atoms with Crippen molar-refractivity contribution < 1.29 is 29.6 Å². The SMILES string of the molecule is CC(=O)N[C@@H]1[C@@H](O)[C@@H](CO)O[C@@H](O)[C@H]1NC(C)=O. The van der Waals surface area contributed by atoms with Gasteiger partial charge in [0.1, 0.15) is 18.2 Å². The molecule has 1 heterocycles. The molecular formula is C10H18N2O6. The van der Waals surface area contributed by atoms with Crippen LogP contribution >= 0.6 is 0 Å². The first kappa shape index (κ1) is 14.8. The molecule has 2 amide bonds. The molecule has 1 aliphatic heterocycles. The highest BCUT2D eigenvalue weighted by Gasteiger charge is 2.45. The van der Waals surface area contributed by atoms with Crippen molar-refractivity contribution in [3.63, 3.8) is 0 Å². The molecule has 104 valence electrons. The van der Waals surface area contributed by atoms with E-state index in [4.69, 9.17) is 9.84 Å². The summed E-state index contributed by atoms with van der Waals surface area (Å²) in [5.74, 6) is -0.868. The van der Waals surface area contributed by atoms with Gasteiger partial charge >= 0.3 is 0 Å². The molecule has 18 heavy (non-hydrogen) atoms. The van der Waals surface area contributed by atoms with Crippen molar-refractivity contribution in [1.29, 1.82) is 0 Å². The van der Waals surface area contributed by atoms with E-state index in [1.54, 1.807) is 0 Å². The normalized spacial score (nSPS) is 35.9. The predicted molar refractivity (Wildman–Crippen MR) is 59.2 cm³/mol. The van der Waals surface area contributed by atoms with E-state index in [-0.39, 0.29) is 0 Å². The van der Waals surface area contributed by atoms with E-state index in [1.807, 2.05) is 0 Å². The average Bonchev–Trinajstić information content (AvgIpc) is 2.27. The van der Waals surface area contributed by atoms with Gasteiger partial charge in [0.05, 0.1) is 12.6 Å². The molecule has 0 saturated carbocycles. The first-order valence-corrected chi connectivity index (χ1v) is 5.53. The maximum absolute atomic E-state index is 11.1. The monoisotopic (exact) mass is 262 g/mol. The van der Waals surface area contributed by atoms with Gasteiger partial charge in [-0.3, -0.25) is 9.59 Å². The Kier molecular flexibility index (Phi) is 5.03. The smallest absolute Gasteiger partial charge is 0.217 e. The highest BCUT2D eigenvalue weighted by Crippen LogP contribution is 2.19. The van der Waals surface area contributed by atoms with Crippen LogP contribution in [0.1, 0.15) is 13.8 Å². The summed E-state index contributed by atoms with van der Waals surface area (Å²) < 4.78 is 4.96. The Bertz CT molecular complexity index is 323. The summed E-state index contributed by atoms with van der Waals surface area (Å²) in [5.41, 5.74) is 0. The van der Waals surface area contributed by atoms with E-state index in [1.165, 1.54) is 13.8 Å².